The third-order valence-corrected chi connectivity index (χ3v) is 6.92. The fourth-order valence-corrected chi connectivity index (χ4v) is 4.70. The summed E-state index contributed by atoms with van der Waals surface area (Å²) < 4.78 is 0. The van der Waals surface area contributed by atoms with Crippen LogP contribution < -0.4 is 5.32 Å². The molecule has 1 saturated carbocycles. The maximum absolute atomic E-state index is 12.7. The van der Waals surface area contributed by atoms with E-state index < -0.39 is 0 Å². The Morgan fingerprint density at radius 3 is 2.46 bits per heavy atom. The van der Waals surface area contributed by atoms with E-state index in [2.05, 4.69) is 22.0 Å². The monoisotopic (exact) mass is 383 g/mol. The van der Waals surface area contributed by atoms with E-state index in [9.17, 15) is 9.59 Å². The molecule has 2 heterocycles. The molecule has 152 valence electrons. The molecule has 5 nitrogen and oxygen atoms in total. The van der Waals surface area contributed by atoms with Crippen molar-refractivity contribution in [2.45, 2.75) is 58.0 Å². The quantitative estimate of drug-likeness (QED) is 0.851. The molecule has 1 aliphatic carbocycles. The van der Waals surface area contributed by atoms with Crippen LogP contribution in [0.4, 0.5) is 0 Å². The molecule has 1 atom stereocenters. The van der Waals surface area contributed by atoms with Gasteiger partial charge in [-0.1, -0.05) is 37.3 Å². The minimum atomic E-state index is -0.0557. The summed E-state index contributed by atoms with van der Waals surface area (Å²) in [6.45, 7) is 6.40. The van der Waals surface area contributed by atoms with Gasteiger partial charge in [-0.2, -0.15) is 0 Å². The Bertz CT molecular complexity index is 693. The van der Waals surface area contributed by atoms with Gasteiger partial charge in [-0.05, 0) is 50.6 Å². The number of carbonyl (C=O) groups excluding carboxylic acids is 2. The number of benzene rings is 1. The Kier molecular flexibility index (Phi) is 5.72. The highest BCUT2D eigenvalue weighted by Crippen LogP contribution is 2.46. The van der Waals surface area contributed by atoms with Gasteiger partial charge in [-0.15, -0.1) is 0 Å². The average Bonchev–Trinajstić information content (AvgIpc) is 3.51. The van der Waals surface area contributed by atoms with Gasteiger partial charge in [0.1, 0.15) is 0 Å². The van der Waals surface area contributed by atoms with Crippen LogP contribution in [0, 0.1) is 11.3 Å². The molecule has 28 heavy (non-hydrogen) atoms. The first kappa shape index (κ1) is 19.4. The highest BCUT2D eigenvalue weighted by Gasteiger charge is 2.47. The van der Waals surface area contributed by atoms with E-state index in [1.54, 1.807) is 0 Å². The second-order valence-electron chi connectivity index (χ2n) is 9.12. The first-order valence-corrected chi connectivity index (χ1v) is 10.9. The second-order valence-corrected chi connectivity index (χ2v) is 9.12. The van der Waals surface area contributed by atoms with Gasteiger partial charge in [0.05, 0.1) is 5.92 Å². The average molecular weight is 384 g/mol. The topological polar surface area (TPSA) is 52.7 Å². The van der Waals surface area contributed by atoms with Crippen LogP contribution in [-0.2, 0) is 16.1 Å². The summed E-state index contributed by atoms with van der Waals surface area (Å²) in [4.78, 5) is 29.8. The zero-order valence-corrected chi connectivity index (χ0v) is 17.0. The van der Waals surface area contributed by atoms with Crippen LogP contribution >= 0.6 is 0 Å². The van der Waals surface area contributed by atoms with Crippen LogP contribution in [-0.4, -0.2) is 53.8 Å². The zero-order valence-electron chi connectivity index (χ0n) is 17.0. The molecule has 0 unspecified atom stereocenters. The molecule has 0 bridgehead atoms. The first-order chi connectivity index (χ1) is 13.5. The van der Waals surface area contributed by atoms with Crippen molar-refractivity contribution in [3.8, 4) is 0 Å². The van der Waals surface area contributed by atoms with Gasteiger partial charge < -0.3 is 10.2 Å². The first-order valence-electron chi connectivity index (χ1n) is 10.9. The summed E-state index contributed by atoms with van der Waals surface area (Å²) in [6, 6.07) is 10.6. The molecule has 0 aromatic heterocycles. The molecule has 1 aromatic carbocycles. The van der Waals surface area contributed by atoms with Crippen LogP contribution in [0.1, 0.15) is 51.0 Å². The lowest BCUT2D eigenvalue weighted by Gasteiger charge is -2.42. The van der Waals surface area contributed by atoms with Crippen LogP contribution in [0.2, 0.25) is 0 Å². The Balaban J connectivity index is 1.25. The van der Waals surface area contributed by atoms with E-state index >= 15 is 0 Å². The summed E-state index contributed by atoms with van der Waals surface area (Å²) in [5, 5.41) is 3.12. The molecule has 5 heteroatoms. The Morgan fingerprint density at radius 2 is 1.79 bits per heavy atom. The Hall–Kier alpha value is -1.88. The molecule has 2 saturated heterocycles. The number of amides is 2. The van der Waals surface area contributed by atoms with E-state index in [4.69, 9.17) is 0 Å². The van der Waals surface area contributed by atoms with Crippen molar-refractivity contribution >= 4 is 11.8 Å². The van der Waals surface area contributed by atoms with E-state index in [1.165, 1.54) is 0 Å². The number of hydrogen-bond acceptors (Lipinski definition) is 3. The number of nitrogens with zero attached hydrogens (tertiary/aromatic N) is 2. The minimum Gasteiger partial charge on any atom is -0.352 e. The van der Waals surface area contributed by atoms with Gasteiger partial charge in [0.2, 0.25) is 11.8 Å². The molecule has 1 aromatic rings. The van der Waals surface area contributed by atoms with Crippen molar-refractivity contribution in [2.75, 3.05) is 26.2 Å². The van der Waals surface area contributed by atoms with Gasteiger partial charge in [0, 0.05) is 37.6 Å². The highest BCUT2D eigenvalue weighted by molar-refractivity contribution is 5.85. The standard InChI is InChI=1S/C23H33N3O2/c1-23(11-12-23)22(28)25-14-9-20(10-15-25)26-13-5-8-19(17-26)21(27)24-16-18-6-3-2-4-7-18/h2-4,6-7,19-20H,5,8-17H2,1H3,(H,24,27)/t19-/m1/s1. The van der Waals surface area contributed by atoms with Crippen molar-refractivity contribution in [2.24, 2.45) is 11.3 Å². The van der Waals surface area contributed by atoms with Crippen molar-refractivity contribution in [1.82, 2.24) is 15.1 Å². The van der Waals surface area contributed by atoms with Gasteiger partial charge >= 0.3 is 0 Å². The molecule has 1 N–H and O–H groups in total. The number of hydrogen-bond donors (Lipinski definition) is 1. The largest absolute Gasteiger partial charge is 0.352 e. The minimum absolute atomic E-state index is 0.0557. The third-order valence-electron chi connectivity index (χ3n) is 6.92. The number of rotatable bonds is 5. The smallest absolute Gasteiger partial charge is 0.228 e. The number of likely N-dealkylation sites (tertiary alicyclic amines) is 2. The van der Waals surface area contributed by atoms with Crippen molar-refractivity contribution < 1.29 is 9.59 Å². The van der Waals surface area contributed by atoms with Crippen LogP contribution in [0.25, 0.3) is 0 Å². The summed E-state index contributed by atoms with van der Waals surface area (Å²) >= 11 is 0. The number of nitrogens with one attached hydrogen (secondary N) is 1. The van der Waals surface area contributed by atoms with Crippen molar-refractivity contribution in [3.63, 3.8) is 0 Å². The van der Waals surface area contributed by atoms with E-state index in [0.717, 1.165) is 70.3 Å². The number of piperidine rings is 2. The Labute approximate surface area is 168 Å². The molecule has 3 fully saturated rings. The lowest BCUT2D eigenvalue weighted by atomic mass is 9.93. The zero-order chi connectivity index (χ0) is 19.6. The van der Waals surface area contributed by atoms with Crippen molar-refractivity contribution in [1.29, 1.82) is 0 Å². The number of carbonyl (C=O) groups is 2. The second kappa shape index (κ2) is 8.24. The molecular formula is C23H33N3O2. The van der Waals surface area contributed by atoms with Gasteiger partial charge in [-0.3, -0.25) is 14.5 Å². The molecule has 2 aliphatic heterocycles. The maximum Gasteiger partial charge on any atom is 0.228 e. The molecule has 4 rings (SSSR count). The van der Waals surface area contributed by atoms with Crippen LogP contribution in [0.5, 0.6) is 0 Å². The fraction of sp³-hybridized carbons (Fsp3) is 0.652. The fourth-order valence-electron chi connectivity index (χ4n) is 4.70. The van der Waals surface area contributed by atoms with E-state index in [1.807, 2.05) is 30.3 Å². The van der Waals surface area contributed by atoms with Crippen molar-refractivity contribution in [3.05, 3.63) is 35.9 Å². The predicted octanol–water partition coefficient (Wildman–Crippen LogP) is 2.81. The van der Waals surface area contributed by atoms with E-state index in [0.29, 0.717) is 18.5 Å². The van der Waals surface area contributed by atoms with E-state index in [-0.39, 0.29) is 17.2 Å². The summed E-state index contributed by atoms with van der Waals surface area (Å²) in [5.41, 5.74) is 1.09. The third kappa shape index (κ3) is 4.40. The highest BCUT2D eigenvalue weighted by atomic mass is 16.2. The predicted molar refractivity (Wildman–Crippen MR) is 110 cm³/mol. The molecule has 3 aliphatic rings. The van der Waals surface area contributed by atoms with Crippen LogP contribution in [0.15, 0.2) is 30.3 Å². The van der Waals surface area contributed by atoms with Gasteiger partial charge in [0.15, 0.2) is 0 Å². The summed E-state index contributed by atoms with van der Waals surface area (Å²) in [6.07, 6.45) is 6.25. The lowest BCUT2D eigenvalue weighted by molar-refractivity contribution is -0.138. The normalized spacial score (nSPS) is 25.3. The molecule has 0 spiro atoms. The summed E-state index contributed by atoms with van der Waals surface area (Å²) in [7, 11) is 0. The van der Waals surface area contributed by atoms with Gasteiger partial charge in [0.25, 0.3) is 0 Å². The molecule has 2 amide bonds. The lowest BCUT2D eigenvalue weighted by Crippen LogP contribution is -2.52. The SMILES string of the molecule is CC1(C(=O)N2CCC(N3CCC[C@@H](C(=O)NCc4ccccc4)C3)CC2)CC1. The Morgan fingerprint density at radius 1 is 1.07 bits per heavy atom. The summed E-state index contributed by atoms with van der Waals surface area (Å²) in [5.74, 6) is 0.632. The molecular weight excluding hydrogens is 350 g/mol. The molecule has 0 radical (unpaired) electrons. The van der Waals surface area contributed by atoms with Crippen LogP contribution in [0.3, 0.4) is 0 Å². The maximum atomic E-state index is 12.7. The van der Waals surface area contributed by atoms with Gasteiger partial charge in [-0.25, -0.2) is 0 Å².